The Kier molecular flexibility index (Phi) is 3.87. The summed E-state index contributed by atoms with van der Waals surface area (Å²) < 4.78 is 11.4. The topological polar surface area (TPSA) is 18.5 Å². The molecule has 0 radical (unpaired) electrons. The number of benzene rings is 2. The zero-order valence-corrected chi connectivity index (χ0v) is 11.3. The molecule has 18 heavy (non-hydrogen) atoms. The van der Waals surface area contributed by atoms with Gasteiger partial charge in [-0.25, -0.2) is 0 Å². The highest BCUT2D eigenvalue weighted by Crippen LogP contribution is 2.25. The summed E-state index contributed by atoms with van der Waals surface area (Å²) in [6, 6.07) is 14.3. The van der Waals surface area contributed by atoms with Crippen LogP contribution in [0.25, 0.3) is 10.8 Å². The maximum atomic E-state index is 5.79. The molecule has 0 aliphatic carbocycles. The Morgan fingerprint density at radius 1 is 0.889 bits per heavy atom. The van der Waals surface area contributed by atoms with Crippen LogP contribution < -0.4 is 4.74 Å². The number of ether oxygens (including phenoxy) is 2. The van der Waals surface area contributed by atoms with Gasteiger partial charge in [0.2, 0.25) is 0 Å². The third-order valence-electron chi connectivity index (χ3n) is 2.63. The lowest BCUT2D eigenvalue weighted by atomic mass is 10.1. The molecule has 2 aromatic carbocycles. The molecule has 0 aliphatic heterocycles. The van der Waals surface area contributed by atoms with Crippen LogP contribution in [0.4, 0.5) is 0 Å². The van der Waals surface area contributed by atoms with Gasteiger partial charge < -0.3 is 9.47 Å². The maximum absolute atomic E-state index is 5.79. The molecular weight excluding hydrogens is 224 g/mol. The summed E-state index contributed by atoms with van der Waals surface area (Å²) in [6.07, 6.45) is 0. The van der Waals surface area contributed by atoms with Crippen molar-refractivity contribution >= 4 is 10.8 Å². The molecule has 2 rings (SSSR count). The molecule has 0 aliphatic rings. The highest BCUT2D eigenvalue weighted by Gasteiger charge is 2.09. The molecule has 0 amide bonds. The van der Waals surface area contributed by atoms with Crippen molar-refractivity contribution in [2.45, 2.75) is 26.4 Å². The van der Waals surface area contributed by atoms with E-state index in [1.807, 2.05) is 45.0 Å². The van der Waals surface area contributed by atoms with Crippen LogP contribution in [0.2, 0.25) is 0 Å². The van der Waals surface area contributed by atoms with Crippen LogP contribution >= 0.6 is 0 Å². The standard InChI is InChI=1S/C16H20O2/c1-16(2,3)18-12-11-17-15-10-6-8-13-7-4-5-9-14(13)15/h4-10H,11-12H2,1-3H3. The van der Waals surface area contributed by atoms with Gasteiger partial charge in [-0.3, -0.25) is 0 Å². The number of hydrogen-bond acceptors (Lipinski definition) is 2. The van der Waals surface area contributed by atoms with Gasteiger partial charge in [-0.15, -0.1) is 0 Å². The van der Waals surface area contributed by atoms with E-state index in [9.17, 15) is 0 Å². The monoisotopic (exact) mass is 244 g/mol. The fraction of sp³-hybridized carbons (Fsp3) is 0.375. The van der Waals surface area contributed by atoms with E-state index in [2.05, 4.69) is 18.2 Å². The SMILES string of the molecule is CC(C)(C)OCCOc1cccc2ccccc12. The second kappa shape index (κ2) is 5.40. The normalized spacial score (nSPS) is 11.7. The molecule has 0 saturated carbocycles. The van der Waals surface area contributed by atoms with Crippen LogP contribution in [-0.4, -0.2) is 18.8 Å². The lowest BCUT2D eigenvalue weighted by molar-refractivity contribution is -0.0161. The molecule has 96 valence electrons. The number of rotatable bonds is 4. The van der Waals surface area contributed by atoms with E-state index in [0.717, 1.165) is 11.1 Å². The molecule has 0 spiro atoms. The van der Waals surface area contributed by atoms with Gasteiger partial charge in [-0.2, -0.15) is 0 Å². The van der Waals surface area contributed by atoms with Crippen LogP contribution in [0.5, 0.6) is 5.75 Å². The Morgan fingerprint density at radius 3 is 2.39 bits per heavy atom. The van der Waals surface area contributed by atoms with E-state index in [1.165, 1.54) is 5.39 Å². The summed E-state index contributed by atoms with van der Waals surface area (Å²) in [5.41, 5.74) is -0.109. The first-order valence-electron chi connectivity index (χ1n) is 6.31. The summed E-state index contributed by atoms with van der Waals surface area (Å²) in [4.78, 5) is 0. The van der Waals surface area contributed by atoms with Crippen molar-refractivity contribution in [1.82, 2.24) is 0 Å². The largest absolute Gasteiger partial charge is 0.491 e. The Hall–Kier alpha value is -1.54. The Bertz CT molecular complexity index is 506. The fourth-order valence-corrected chi connectivity index (χ4v) is 1.82. The zero-order chi connectivity index (χ0) is 13.0. The fourth-order valence-electron chi connectivity index (χ4n) is 1.82. The molecule has 2 heteroatoms. The first-order valence-corrected chi connectivity index (χ1v) is 6.31. The predicted octanol–water partition coefficient (Wildman–Crippen LogP) is 4.03. The number of hydrogen-bond donors (Lipinski definition) is 0. The average molecular weight is 244 g/mol. The first-order chi connectivity index (χ1) is 8.56. The minimum atomic E-state index is -0.109. The van der Waals surface area contributed by atoms with Crippen molar-refractivity contribution in [2.24, 2.45) is 0 Å². The minimum absolute atomic E-state index is 0.109. The molecular formula is C16H20O2. The van der Waals surface area contributed by atoms with E-state index >= 15 is 0 Å². The molecule has 0 N–H and O–H groups in total. The van der Waals surface area contributed by atoms with Gasteiger partial charge in [-0.05, 0) is 32.2 Å². The highest BCUT2D eigenvalue weighted by atomic mass is 16.5. The van der Waals surface area contributed by atoms with Gasteiger partial charge in [0, 0.05) is 5.39 Å². The van der Waals surface area contributed by atoms with E-state index in [-0.39, 0.29) is 5.60 Å². The Labute approximate surface area is 109 Å². The smallest absolute Gasteiger partial charge is 0.127 e. The predicted molar refractivity (Wildman–Crippen MR) is 75.1 cm³/mol. The Balaban J connectivity index is 2.00. The van der Waals surface area contributed by atoms with Crippen LogP contribution in [0, 0.1) is 0 Å². The van der Waals surface area contributed by atoms with Gasteiger partial charge in [0.15, 0.2) is 0 Å². The van der Waals surface area contributed by atoms with Crippen molar-refractivity contribution < 1.29 is 9.47 Å². The molecule has 0 aromatic heterocycles. The van der Waals surface area contributed by atoms with Crippen LogP contribution in [0.1, 0.15) is 20.8 Å². The molecule has 0 saturated heterocycles. The summed E-state index contributed by atoms with van der Waals surface area (Å²) in [6.45, 7) is 7.32. The van der Waals surface area contributed by atoms with Crippen molar-refractivity contribution in [1.29, 1.82) is 0 Å². The quantitative estimate of drug-likeness (QED) is 0.756. The summed E-state index contributed by atoms with van der Waals surface area (Å²) >= 11 is 0. The van der Waals surface area contributed by atoms with Gasteiger partial charge in [0.25, 0.3) is 0 Å². The second-order valence-electron chi connectivity index (χ2n) is 5.29. The molecule has 0 unspecified atom stereocenters. The molecule has 0 heterocycles. The lowest BCUT2D eigenvalue weighted by Crippen LogP contribution is -2.22. The van der Waals surface area contributed by atoms with Gasteiger partial charge in [0.1, 0.15) is 12.4 Å². The zero-order valence-electron chi connectivity index (χ0n) is 11.3. The summed E-state index contributed by atoms with van der Waals surface area (Å²) in [7, 11) is 0. The van der Waals surface area contributed by atoms with E-state index in [0.29, 0.717) is 13.2 Å². The van der Waals surface area contributed by atoms with Crippen molar-refractivity contribution in [3.63, 3.8) is 0 Å². The third kappa shape index (κ3) is 3.47. The molecule has 2 aromatic rings. The van der Waals surface area contributed by atoms with E-state index in [1.54, 1.807) is 0 Å². The van der Waals surface area contributed by atoms with Gasteiger partial charge >= 0.3 is 0 Å². The van der Waals surface area contributed by atoms with Crippen molar-refractivity contribution in [3.05, 3.63) is 42.5 Å². The molecule has 0 bridgehead atoms. The van der Waals surface area contributed by atoms with Gasteiger partial charge in [-0.1, -0.05) is 36.4 Å². The average Bonchev–Trinajstić information content (AvgIpc) is 2.33. The Morgan fingerprint density at radius 2 is 1.61 bits per heavy atom. The summed E-state index contributed by atoms with van der Waals surface area (Å²) in [5, 5.41) is 2.35. The van der Waals surface area contributed by atoms with Crippen LogP contribution in [0.15, 0.2) is 42.5 Å². The van der Waals surface area contributed by atoms with E-state index in [4.69, 9.17) is 9.47 Å². The van der Waals surface area contributed by atoms with Gasteiger partial charge in [0.05, 0.1) is 12.2 Å². The van der Waals surface area contributed by atoms with E-state index < -0.39 is 0 Å². The second-order valence-corrected chi connectivity index (χ2v) is 5.29. The third-order valence-corrected chi connectivity index (χ3v) is 2.63. The number of fused-ring (bicyclic) bond motifs is 1. The molecule has 2 nitrogen and oxygen atoms in total. The van der Waals surface area contributed by atoms with Crippen molar-refractivity contribution in [3.8, 4) is 5.75 Å². The molecule has 0 fully saturated rings. The minimum Gasteiger partial charge on any atom is -0.491 e. The highest BCUT2D eigenvalue weighted by molar-refractivity contribution is 5.88. The first kappa shape index (κ1) is 12.9. The molecule has 0 atom stereocenters. The van der Waals surface area contributed by atoms with Crippen LogP contribution in [-0.2, 0) is 4.74 Å². The summed E-state index contributed by atoms with van der Waals surface area (Å²) in [5.74, 6) is 0.922. The maximum Gasteiger partial charge on any atom is 0.127 e. The van der Waals surface area contributed by atoms with Crippen molar-refractivity contribution in [2.75, 3.05) is 13.2 Å². The van der Waals surface area contributed by atoms with Crippen LogP contribution in [0.3, 0.4) is 0 Å². The lowest BCUT2D eigenvalue weighted by Gasteiger charge is -2.19.